The Labute approximate surface area is 174 Å². The van der Waals surface area contributed by atoms with Crippen LogP contribution in [0.4, 0.5) is 0 Å². The zero-order chi connectivity index (χ0) is 20.3. The molecule has 4 nitrogen and oxygen atoms in total. The summed E-state index contributed by atoms with van der Waals surface area (Å²) < 4.78 is 11.2. The van der Waals surface area contributed by atoms with Crippen LogP contribution in [0.5, 0.6) is 0 Å². The van der Waals surface area contributed by atoms with E-state index in [9.17, 15) is 5.11 Å². The van der Waals surface area contributed by atoms with Crippen LogP contribution in [0.15, 0.2) is 34.7 Å². The minimum atomic E-state index is -0.748. The smallest absolute Gasteiger partial charge is 0.0983 e. The topological polar surface area (TPSA) is 62.8 Å². The number of aliphatic hydroxyl groups excluding tert-OH is 1. The van der Waals surface area contributed by atoms with Crippen LogP contribution in [0, 0.1) is 28.6 Å². The van der Waals surface area contributed by atoms with E-state index in [-0.39, 0.29) is 23.5 Å². The van der Waals surface area contributed by atoms with Gasteiger partial charge in [-0.3, -0.25) is 0 Å². The number of allylic oxidation sites excluding steroid dienone is 1. The van der Waals surface area contributed by atoms with E-state index in [0.29, 0.717) is 24.4 Å². The van der Waals surface area contributed by atoms with Gasteiger partial charge in [-0.2, -0.15) is 0 Å². The predicted octanol–water partition coefficient (Wildman–Crippen LogP) is 4.81. The summed E-state index contributed by atoms with van der Waals surface area (Å²) in [7, 11) is 0. The van der Waals surface area contributed by atoms with E-state index in [4.69, 9.17) is 14.3 Å². The highest BCUT2D eigenvalue weighted by atomic mass is 16.5. The third kappa shape index (κ3) is 2.75. The van der Waals surface area contributed by atoms with Crippen molar-refractivity contribution in [1.29, 1.82) is 0 Å². The maximum Gasteiger partial charge on any atom is 0.0983 e. The number of fused-ring (bicyclic) bond motifs is 5. The Morgan fingerprint density at radius 3 is 2.69 bits per heavy atom. The Morgan fingerprint density at radius 1 is 1.10 bits per heavy atom. The zero-order valence-corrected chi connectivity index (χ0v) is 17.9. The quantitative estimate of drug-likeness (QED) is 0.712. The molecule has 2 unspecified atom stereocenters. The van der Waals surface area contributed by atoms with Crippen molar-refractivity contribution in [2.45, 2.75) is 76.9 Å². The zero-order valence-electron chi connectivity index (χ0n) is 17.9. The number of aliphatic hydroxyl groups is 2. The van der Waals surface area contributed by atoms with Gasteiger partial charge >= 0.3 is 0 Å². The molecule has 4 aliphatic carbocycles. The van der Waals surface area contributed by atoms with Gasteiger partial charge in [0.15, 0.2) is 0 Å². The highest BCUT2D eigenvalue weighted by Crippen LogP contribution is 2.69. The Morgan fingerprint density at radius 2 is 1.93 bits per heavy atom. The first kappa shape index (κ1) is 19.8. The molecule has 160 valence electrons. The van der Waals surface area contributed by atoms with Gasteiger partial charge in [0, 0.05) is 11.0 Å². The van der Waals surface area contributed by atoms with Crippen molar-refractivity contribution in [2.75, 3.05) is 13.2 Å². The van der Waals surface area contributed by atoms with E-state index < -0.39 is 5.60 Å². The number of rotatable bonds is 4. The average Bonchev–Trinajstić information content (AvgIpc) is 3.34. The van der Waals surface area contributed by atoms with Gasteiger partial charge < -0.3 is 19.4 Å². The van der Waals surface area contributed by atoms with E-state index >= 15 is 0 Å². The van der Waals surface area contributed by atoms with Crippen molar-refractivity contribution >= 4 is 0 Å². The lowest BCUT2D eigenvalue weighted by Crippen LogP contribution is -2.53. The molecule has 5 rings (SSSR count). The molecule has 1 aromatic heterocycles. The molecule has 29 heavy (non-hydrogen) atoms. The molecule has 0 saturated heterocycles. The average molecular weight is 401 g/mol. The molecule has 3 saturated carbocycles. The van der Waals surface area contributed by atoms with Crippen LogP contribution in [0.2, 0.25) is 0 Å². The standard InChI is InChI=1S/C25H36O4/c1-23-9-5-19(29-14-12-26)15-17(23)3-4-20-21(23)6-10-24(2)22(20)7-11-25(24,27)18-8-13-28-16-18/h8,13,15-16,19-22,26-27H,3-7,9-12,14H2,1-2H3/t19?,20-,21-,22+,23+,24+,25?/m1/s1. The molecule has 0 aliphatic heterocycles. The highest BCUT2D eigenvalue weighted by Gasteiger charge is 2.64. The fraction of sp³-hybridized carbons (Fsp3) is 0.760. The monoisotopic (exact) mass is 400 g/mol. The van der Waals surface area contributed by atoms with Gasteiger partial charge in [0.2, 0.25) is 0 Å². The summed E-state index contributed by atoms with van der Waals surface area (Å²) in [4.78, 5) is 0. The van der Waals surface area contributed by atoms with Gasteiger partial charge in [-0.15, -0.1) is 0 Å². The van der Waals surface area contributed by atoms with Gasteiger partial charge in [0.1, 0.15) is 0 Å². The summed E-state index contributed by atoms with van der Waals surface area (Å²) in [5.41, 5.74) is 2.05. The molecule has 1 aromatic rings. The second-order valence-electron chi connectivity index (χ2n) is 10.6. The molecule has 7 atom stereocenters. The predicted molar refractivity (Wildman–Crippen MR) is 111 cm³/mol. The Balaban J connectivity index is 1.42. The summed E-state index contributed by atoms with van der Waals surface area (Å²) in [5, 5.41) is 20.9. The van der Waals surface area contributed by atoms with Gasteiger partial charge in [-0.25, -0.2) is 0 Å². The Hall–Kier alpha value is -1.10. The van der Waals surface area contributed by atoms with Crippen LogP contribution in [0.25, 0.3) is 0 Å². The van der Waals surface area contributed by atoms with Crippen molar-refractivity contribution in [3.05, 3.63) is 35.8 Å². The molecule has 4 aliphatic rings. The molecular formula is C25H36O4. The van der Waals surface area contributed by atoms with Crippen LogP contribution in [0.1, 0.15) is 70.8 Å². The lowest BCUT2D eigenvalue weighted by Gasteiger charge is -2.59. The lowest BCUT2D eigenvalue weighted by molar-refractivity contribution is -0.133. The lowest BCUT2D eigenvalue weighted by atomic mass is 9.46. The minimum Gasteiger partial charge on any atom is -0.472 e. The van der Waals surface area contributed by atoms with Crippen molar-refractivity contribution in [1.82, 2.24) is 0 Å². The van der Waals surface area contributed by atoms with Crippen LogP contribution < -0.4 is 0 Å². The molecule has 0 radical (unpaired) electrons. The van der Waals surface area contributed by atoms with Gasteiger partial charge in [0.25, 0.3) is 0 Å². The van der Waals surface area contributed by atoms with Gasteiger partial charge in [0.05, 0.1) is 37.4 Å². The van der Waals surface area contributed by atoms with Crippen molar-refractivity contribution < 1.29 is 19.4 Å². The van der Waals surface area contributed by atoms with Crippen LogP contribution in [-0.2, 0) is 10.3 Å². The van der Waals surface area contributed by atoms with E-state index in [1.54, 1.807) is 18.1 Å². The SMILES string of the molecule is C[C@]12CCC(OCCO)C=C1CC[C@@H]1[C@H]2CC[C@@]2(C)[C@H]1CCC2(O)c1ccoc1. The number of hydrogen-bond acceptors (Lipinski definition) is 4. The van der Waals surface area contributed by atoms with Gasteiger partial charge in [-0.1, -0.05) is 25.5 Å². The van der Waals surface area contributed by atoms with E-state index in [1.165, 1.54) is 19.3 Å². The first-order valence-corrected chi connectivity index (χ1v) is 11.6. The van der Waals surface area contributed by atoms with Crippen LogP contribution in [-0.4, -0.2) is 29.5 Å². The normalized spacial score (nSPS) is 46.6. The van der Waals surface area contributed by atoms with Crippen molar-refractivity contribution in [2.24, 2.45) is 28.6 Å². The molecule has 0 aromatic carbocycles. The third-order valence-corrected chi connectivity index (χ3v) is 9.64. The Kier molecular flexibility index (Phi) is 4.76. The minimum absolute atomic E-state index is 0.0585. The van der Waals surface area contributed by atoms with Crippen molar-refractivity contribution in [3.63, 3.8) is 0 Å². The molecule has 4 heteroatoms. The number of hydrogen-bond donors (Lipinski definition) is 2. The Bertz CT molecular complexity index is 770. The molecule has 3 fully saturated rings. The molecule has 0 bridgehead atoms. The van der Waals surface area contributed by atoms with E-state index in [2.05, 4.69) is 19.9 Å². The van der Waals surface area contributed by atoms with E-state index in [1.807, 2.05) is 6.07 Å². The molecule has 0 amide bonds. The summed E-state index contributed by atoms with van der Waals surface area (Å²) in [6.07, 6.45) is 14.9. The fourth-order valence-electron chi connectivity index (χ4n) is 8.02. The third-order valence-electron chi connectivity index (χ3n) is 9.64. The van der Waals surface area contributed by atoms with Crippen LogP contribution >= 0.6 is 0 Å². The number of ether oxygens (including phenoxy) is 1. The van der Waals surface area contributed by atoms with Gasteiger partial charge in [-0.05, 0) is 80.6 Å². The summed E-state index contributed by atoms with van der Waals surface area (Å²) >= 11 is 0. The number of furan rings is 1. The van der Waals surface area contributed by atoms with E-state index in [0.717, 1.165) is 37.7 Å². The first-order chi connectivity index (χ1) is 13.9. The molecule has 1 heterocycles. The molecule has 0 spiro atoms. The first-order valence-electron chi connectivity index (χ1n) is 11.6. The summed E-state index contributed by atoms with van der Waals surface area (Å²) in [5.74, 6) is 2.00. The highest BCUT2D eigenvalue weighted by molar-refractivity contribution is 5.29. The molecular weight excluding hydrogens is 364 g/mol. The maximum absolute atomic E-state index is 11.8. The second-order valence-corrected chi connectivity index (χ2v) is 10.6. The van der Waals surface area contributed by atoms with Crippen LogP contribution in [0.3, 0.4) is 0 Å². The second kappa shape index (κ2) is 6.96. The summed E-state index contributed by atoms with van der Waals surface area (Å²) in [6, 6.07) is 1.97. The fourth-order valence-corrected chi connectivity index (χ4v) is 8.02. The molecule has 2 N–H and O–H groups in total. The summed E-state index contributed by atoms with van der Waals surface area (Å²) in [6.45, 7) is 5.38. The maximum atomic E-state index is 11.8. The largest absolute Gasteiger partial charge is 0.472 e. The van der Waals surface area contributed by atoms with Crippen molar-refractivity contribution in [3.8, 4) is 0 Å².